The highest BCUT2D eigenvalue weighted by atomic mass is 35.5. The molecular weight excluding hydrogens is 416 g/mol. The van der Waals surface area contributed by atoms with Gasteiger partial charge in [-0.05, 0) is 18.6 Å². The Labute approximate surface area is 175 Å². The molecule has 1 saturated heterocycles. The van der Waals surface area contributed by atoms with E-state index >= 15 is 0 Å². The van der Waals surface area contributed by atoms with Crippen LogP contribution in [0, 0.1) is 0 Å². The number of halogens is 1. The van der Waals surface area contributed by atoms with Gasteiger partial charge >= 0.3 is 0 Å². The number of carbonyl (C=O) groups excluding carboxylic acids is 1. The standard InChI is InChI=1S/C20H23ClN2O5S/c1-27-18-11-17(19(28-2)10-16(18)21)22-12-20(24)23(14-6-4-3-5-7-14)15-8-9-29(25,26)13-15/h3-7,10-11,15,22H,8-9,12-13H2,1-2H3/t15-/m1/s1. The fraction of sp³-hybridized carbons (Fsp3) is 0.350. The molecule has 0 spiro atoms. The summed E-state index contributed by atoms with van der Waals surface area (Å²) in [7, 11) is -0.134. The predicted molar refractivity (Wildman–Crippen MR) is 114 cm³/mol. The molecule has 1 N–H and O–H groups in total. The lowest BCUT2D eigenvalue weighted by Crippen LogP contribution is -2.44. The summed E-state index contributed by atoms with van der Waals surface area (Å²) >= 11 is 6.12. The number of methoxy groups -OCH3 is 2. The van der Waals surface area contributed by atoms with Gasteiger partial charge in [-0.25, -0.2) is 8.42 Å². The first kappa shape index (κ1) is 21.3. The number of hydrogen-bond acceptors (Lipinski definition) is 6. The number of nitrogens with one attached hydrogen (secondary N) is 1. The van der Waals surface area contributed by atoms with Crippen LogP contribution < -0.4 is 19.7 Å². The fourth-order valence-electron chi connectivity index (χ4n) is 3.38. The number of ether oxygens (including phenoxy) is 2. The van der Waals surface area contributed by atoms with E-state index in [0.29, 0.717) is 34.3 Å². The van der Waals surface area contributed by atoms with Gasteiger partial charge in [0.2, 0.25) is 5.91 Å². The third-order valence-corrected chi connectivity index (χ3v) is 6.83. The molecule has 0 unspecified atom stereocenters. The van der Waals surface area contributed by atoms with Crippen LogP contribution in [0.3, 0.4) is 0 Å². The lowest BCUT2D eigenvalue weighted by atomic mass is 10.1. The van der Waals surface area contributed by atoms with Crippen LogP contribution in [0.2, 0.25) is 5.02 Å². The summed E-state index contributed by atoms with van der Waals surface area (Å²) in [6, 6.07) is 12.0. The first-order chi connectivity index (χ1) is 13.8. The van der Waals surface area contributed by atoms with Crippen molar-refractivity contribution in [2.24, 2.45) is 0 Å². The number of rotatable bonds is 7. The van der Waals surface area contributed by atoms with Crippen molar-refractivity contribution in [3.63, 3.8) is 0 Å². The minimum absolute atomic E-state index is 0.0360. The molecule has 9 heteroatoms. The van der Waals surface area contributed by atoms with Crippen LogP contribution >= 0.6 is 11.6 Å². The monoisotopic (exact) mass is 438 g/mol. The summed E-state index contributed by atoms with van der Waals surface area (Å²) in [6.45, 7) is -0.0490. The van der Waals surface area contributed by atoms with Crippen molar-refractivity contribution >= 4 is 38.7 Å². The average Bonchev–Trinajstić information content (AvgIpc) is 3.06. The molecule has 1 aliphatic rings. The van der Waals surface area contributed by atoms with E-state index in [0.717, 1.165) is 0 Å². The predicted octanol–water partition coefficient (Wildman–Crippen LogP) is 2.99. The molecule has 0 radical (unpaired) electrons. The van der Waals surface area contributed by atoms with Crippen molar-refractivity contribution < 1.29 is 22.7 Å². The third kappa shape index (κ3) is 4.94. The molecule has 1 aliphatic heterocycles. The minimum Gasteiger partial charge on any atom is -0.495 e. The Morgan fingerprint density at radius 2 is 1.86 bits per heavy atom. The van der Waals surface area contributed by atoms with E-state index < -0.39 is 15.9 Å². The second-order valence-electron chi connectivity index (χ2n) is 6.70. The van der Waals surface area contributed by atoms with Crippen molar-refractivity contribution in [3.8, 4) is 11.5 Å². The third-order valence-electron chi connectivity index (χ3n) is 4.78. The largest absolute Gasteiger partial charge is 0.495 e. The van der Waals surface area contributed by atoms with Crippen molar-refractivity contribution in [1.29, 1.82) is 0 Å². The molecule has 156 valence electrons. The first-order valence-electron chi connectivity index (χ1n) is 9.07. The average molecular weight is 439 g/mol. The van der Waals surface area contributed by atoms with E-state index in [9.17, 15) is 13.2 Å². The molecule has 1 amide bonds. The minimum atomic E-state index is -3.14. The SMILES string of the molecule is COc1cc(NCC(=O)N(c2ccccc2)[C@@H]2CCS(=O)(=O)C2)c(OC)cc1Cl. The Morgan fingerprint density at radius 1 is 1.17 bits per heavy atom. The number of benzene rings is 2. The lowest BCUT2D eigenvalue weighted by Gasteiger charge is -2.29. The van der Waals surface area contributed by atoms with Crippen LogP contribution in [-0.4, -0.2) is 52.6 Å². The van der Waals surface area contributed by atoms with E-state index in [1.165, 1.54) is 14.2 Å². The maximum Gasteiger partial charge on any atom is 0.246 e. The number of amides is 1. The molecule has 1 heterocycles. The van der Waals surface area contributed by atoms with E-state index in [4.69, 9.17) is 21.1 Å². The summed E-state index contributed by atoms with van der Waals surface area (Å²) in [5, 5.41) is 3.45. The van der Waals surface area contributed by atoms with Crippen LogP contribution in [0.25, 0.3) is 0 Å². The van der Waals surface area contributed by atoms with Crippen LogP contribution in [0.5, 0.6) is 11.5 Å². The second kappa shape index (κ2) is 8.92. The number of hydrogen-bond donors (Lipinski definition) is 1. The topological polar surface area (TPSA) is 84.9 Å². The molecule has 7 nitrogen and oxygen atoms in total. The highest BCUT2D eigenvalue weighted by Crippen LogP contribution is 2.36. The van der Waals surface area contributed by atoms with E-state index in [1.807, 2.05) is 18.2 Å². The Balaban J connectivity index is 1.83. The number of nitrogens with zero attached hydrogens (tertiary/aromatic N) is 1. The van der Waals surface area contributed by atoms with Gasteiger partial charge in [-0.15, -0.1) is 0 Å². The van der Waals surface area contributed by atoms with E-state index in [1.54, 1.807) is 29.2 Å². The maximum absolute atomic E-state index is 13.1. The summed E-state index contributed by atoms with van der Waals surface area (Å²) in [6.07, 6.45) is 0.418. The molecule has 2 aromatic carbocycles. The van der Waals surface area contributed by atoms with Gasteiger partial charge in [-0.1, -0.05) is 29.8 Å². The van der Waals surface area contributed by atoms with Gasteiger partial charge < -0.3 is 19.7 Å². The first-order valence-corrected chi connectivity index (χ1v) is 11.3. The highest BCUT2D eigenvalue weighted by molar-refractivity contribution is 7.91. The molecule has 29 heavy (non-hydrogen) atoms. The Morgan fingerprint density at radius 3 is 2.45 bits per heavy atom. The zero-order valence-electron chi connectivity index (χ0n) is 16.2. The molecule has 1 atom stereocenters. The van der Waals surface area contributed by atoms with Gasteiger partial charge in [0.15, 0.2) is 9.84 Å². The number of anilines is 2. The summed E-state index contributed by atoms with van der Waals surface area (Å²) < 4.78 is 34.5. The van der Waals surface area contributed by atoms with Gasteiger partial charge in [-0.2, -0.15) is 0 Å². The second-order valence-corrected chi connectivity index (χ2v) is 9.33. The van der Waals surface area contributed by atoms with Crippen molar-refractivity contribution in [2.45, 2.75) is 12.5 Å². The molecule has 2 aromatic rings. The quantitative estimate of drug-likeness (QED) is 0.715. The number of carbonyl (C=O) groups is 1. The van der Waals surface area contributed by atoms with Crippen LogP contribution in [-0.2, 0) is 14.6 Å². The zero-order valence-corrected chi connectivity index (χ0v) is 17.8. The van der Waals surface area contributed by atoms with Gasteiger partial charge in [0.25, 0.3) is 0 Å². The Hall–Kier alpha value is -2.45. The summed E-state index contributed by atoms with van der Waals surface area (Å²) in [5.74, 6) is 0.729. The van der Waals surface area contributed by atoms with Gasteiger partial charge in [0, 0.05) is 17.8 Å². The van der Waals surface area contributed by atoms with Gasteiger partial charge in [0.1, 0.15) is 11.5 Å². The Kier molecular flexibility index (Phi) is 6.54. The summed E-state index contributed by atoms with van der Waals surface area (Å²) in [5.41, 5.74) is 1.22. The molecule has 3 rings (SSSR count). The van der Waals surface area contributed by atoms with Crippen LogP contribution in [0.1, 0.15) is 6.42 Å². The van der Waals surface area contributed by atoms with E-state index in [2.05, 4.69) is 5.32 Å². The lowest BCUT2D eigenvalue weighted by molar-refractivity contribution is -0.117. The van der Waals surface area contributed by atoms with Crippen LogP contribution in [0.15, 0.2) is 42.5 Å². The maximum atomic E-state index is 13.1. The zero-order chi connectivity index (χ0) is 21.0. The van der Waals surface area contributed by atoms with Crippen molar-refractivity contribution in [2.75, 3.05) is 42.5 Å². The molecule has 0 aliphatic carbocycles. The smallest absolute Gasteiger partial charge is 0.246 e. The highest BCUT2D eigenvalue weighted by Gasteiger charge is 2.35. The fourth-order valence-corrected chi connectivity index (χ4v) is 5.31. The molecule has 1 fully saturated rings. The molecule has 0 bridgehead atoms. The van der Waals surface area contributed by atoms with Gasteiger partial charge in [-0.3, -0.25) is 4.79 Å². The normalized spacial score (nSPS) is 17.6. The number of para-hydroxylation sites is 1. The summed E-state index contributed by atoms with van der Waals surface area (Å²) in [4.78, 5) is 14.7. The molecular formula is C20H23ClN2O5S. The number of sulfone groups is 1. The van der Waals surface area contributed by atoms with Crippen LogP contribution in [0.4, 0.5) is 11.4 Å². The Bertz CT molecular complexity index is 982. The molecule has 0 aromatic heterocycles. The van der Waals surface area contributed by atoms with Crippen molar-refractivity contribution in [1.82, 2.24) is 0 Å². The van der Waals surface area contributed by atoms with E-state index in [-0.39, 0.29) is 24.0 Å². The molecule has 0 saturated carbocycles. The van der Waals surface area contributed by atoms with Crippen molar-refractivity contribution in [3.05, 3.63) is 47.5 Å². The van der Waals surface area contributed by atoms with Gasteiger partial charge in [0.05, 0.1) is 49.0 Å².